The zero-order valence-corrected chi connectivity index (χ0v) is 11.5. The number of nitriles is 1. The Balaban J connectivity index is 2.48. The van der Waals surface area contributed by atoms with Crippen molar-refractivity contribution in [3.8, 4) is 6.07 Å². The Morgan fingerprint density at radius 2 is 2.24 bits per heavy atom. The maximum Gasteiger partial charge on any atom is 0.108 e. The molecule has 0 bridgehead atoms. The van der Waals surface area contributed by atoms with Crippen LogP contribution in [0, 0.1) is 16.7 Å². The minimum atomic E-state index is -1.02. The van der Waals surface area contributed by atoms with E-state index in [1.165, 1.54) is 0 Å². The molecule has 0 heterocycles. The van der Waals surface area contributed by atoms with E-state index in [1.807, 2.05) is 31.2 Å². The van der Waals surface area contributed by atoms with Gasteiger partial charge in [0, 0.05) is 4.47 Å². The fourth-order valence-corrected chi connectivity index (χ4v) is 3.11. The molecule has 1 fully saturated rings. The first-order valence-corrected chi connectivity index (χ1v) is 6.77. The van der Waals surface area contributed by atoms with Crippen LogP contribution in [-0.2, 0) is 5.60 Å². The summed E-state index contributed by atoms with van der Waals surface area (Å²) < 4.78 is 0.939. The molecular formula is C14H16BrNO. The summed E-state index contributed by atoms with van der Waals surface area (Å²) in [6.45, 7) is 1.94. The van der Waals surface area contributed by atoms with E-state index >= 15 is 0 Å². The lowest BCUT2D eigenvalue weighted by molar-refractivity contribution is -0.103. The smallest absolute Gasteiger partial charge is 0.108 e. The second kappa shape index (κ2) is 4.44. The molecule has 0 saturated heterocycles. The highest BCUT2D eigenvalue weighted by atomic mass is 79.9. The Morgan fingerprint density at radius 3 is 2.65 bits per heavy atom. The van der Waals surface area contributed by atoms with Gasteiger partial charge in [0.2, 0.25) is 0 Å². The van der Waals surface area contributed by atoms with Crippen LogP contribution in [0.25, 0.3) is 0 Å². The molecule has 1 aromatic carbocycles. The van der Waals surface area contributed by atoms with Gasteiger partial charge in [-0.15, -0.1) is 0 Å². The van der Waals surface area contributed by atoms with Crippen molar-refractivity contribution in [2.45, 2.75) is 38.2 Å². The van der Waals surface area contributed by atoms with Crippen molar-refractivity contribution in [2.75, 3.05) is 0 Å². The summed E-state index contributed by atoms with van der Waals surface area (Å²) in [5.41, 5.74) is -0.776. The van der Waals surface area contributed by atoms with Gasteiger partial charge in [0.25, 0.3) is 0 Å². The molecule has 1 unspecified atom stereocenters. The van der Waals surface area contributed by atoms with Gasteiger partial charge >= 0.3 is 0 Å². The van der Waals surface area contributed by atoms with Crippen molar-refractivity contribution in [3.05, 3.63) is 34.3 Å². The lowest BCUT2D eigenvalue weighted by Gasteiger charge is -2.48. The third-order valence-electron chi connectivity index (χ3n) is 4.03. The first-order valence-electron chi connectivity index (χ1n) is 5.98. The molecule has 0 amide bonds. The standard InChI is InChI=1S/C14H16BrNO/c1-2-14(17,13(10-16)7-4-8-13)11-5-3-6-12(15)9-11/h3,5-6,9,17H,2,4,7-8H2,1H3. The summed E-state index contributed by atoms with van der Waals surface area (Å²) in [5.74, 6) is 0. The maximum absolute atomic E-state index is 10.9. The number of rotatable bonds is 3. The highest BCUT2D eigenvalue weighted by Gasteiger charge is 2.54. The third kappa shape index (κ3) is 1.80. The fourth-order valence-electron chi connectivity index (χ4n) is 2.71. The van der Waals surface area contributed by atoms with E-state index < -0.39 is 11.0 Å². The molecule has 0 radical (unpaired) electrons. The largest absolute Gasteiger partial charge is 0.383 e. The van der Waals surface area contributed by atoms with E-state index in [0.717, 1.165) is 29.3 Å². The number of benzene rings is 1. The highest BCUT2D eigenvalue weighted by molar-refractivity contribution is 9.10. The molecule has 0 aromatic heterocycles. The molecule has 90 valence electrons. The van der Waals surface area contributed by atoms with Gasteiger partial charge in [-0.3, -0.25) is 0 Å². The highest BCUT2D eigenvalue weighted by Crippen LogP contribution is 2.55. The quantitative estimate of drug-likeness (QED) is 0.923. The van der Waals surface area contributed by atoms with Crippen LogP contribution in [0.3, 0.4) is 0 Å². The van der Waals surface area contributed by atoms with Gasteiger partial charge in [0.1, 0.15) is 5.60 Å². The average Bonchev–Trinajstić information content (AvgIpc) is 2.28. The van der Waals surface area contributed by atoms with Crippen molar-refractivity contribution >= 4 is 15.9 Å². The molecule has 0 aliphatic heterocycles. The summed E-state index contributed by atoms with van der Waals surface area (Å²) in [7, 11) is 0. The van der Waals surface area contributed by atoms with Crippen LogP contribution in [0.5, 0.6) is 0 Å². The lowest BCUT2D eigenvalue weighted by atomic mass is 9.56. The number of nitrogens with zero attached hydrogens (tertiary/aromatic N) is 1. The molecule has 17 heavy (non-hydrogen) atoms. The Morgan fingerprint density at radius 1 is 1.53 bits per heavy atom. The number of hydrogen-bond acceptors (Lipinski definition) is 2. The van der Waals surface area contributed by atoms with E-state index in [2.05, 4.69) is 22.0 Å². The normalized spacial score (nSPS) is 21.1. The number of halogens is 1. The van der Waals surface area contributed by atoms with Crippen molar-refractivity contribution in [2.24, 2.45) is 5.41 Å². The minimum Gasteiger partial charge on any atom is -0.383 e. The first-order chi connectivity index (χ1) is 8.08. The molecule has 1 atom stereocenters. The molecular weight excluding hydrogens is 278 g/mol. The van der Waals surface area contributed by atoms with Crippen molar-refractivity contribution in [1.29, 1.82) is 5.26 Å². The Labute approximate surface area is 110 Å². The molecule has 3 heteroatoms. The van der Waals surface area contributed by atoms with Gasteiger partial charge in [0.05, 0.1) is 11.5 Å². The average molecular weight is 294 g/mol. The lowest BCUT2D eigenvalue weighted by Crippen LogP contribution is -2.49. The van der Waals surface area contributed by atoms with Gasteiger partial charge in [-0.25, -0.2) is 0 Å². The summed E-state index contributed by atoms with van der Waals surface area (Å²) in [6, 6.07) is 10.0. The molecule has 1 aromatic rings. The zero-order chi connectivity index (χ0) is 12.5. The van der Waals surface area contributed by atoms with Crippen LogP contribution < -0.4 is 0 Å². The van der Waals surface area contributed by atoms with Crippen molar-refractivity contribution in [1.82, 2.24) is 0 Å². The van der Waals surface area contributed by atoms with Gasteiger partial charge < -0.3 is 5.11 Å². The molecule has 0 spiro atoms. The maximum atomic E-state index is 10.9. The fraction of sp³-hybridized carbons (Fsp3) is 0.500. The van der Waals surface area contributed by atoms with Crippen molar-refractivity contribution < 1.29 is 5.11 Å². The van der Waals surface area contributed by atoms with Crippen LogP contribution in [0.15, 0.2) is 28.7 Å². The Bertz CT molecular complexity index is 462. The zero-order valence-electron chi connectivity index (χ0n) is 9.91. The van der Waals surface area contributed by atoms with Crippen LogP contribution in [0.2, 0.25) is 0 Å². The topological polar surface area (TPSA) is 44.0 Å². The molecule has 1 aliphatic rings. The van der Waals surface area contributed by atoms with E-state index in [9.17, 15) is 10.4 Å². The van der Waals surface area contributed by atoms with E-state index in [4.69, 9.17) is 0 Å². The molecule has 2 rings (SSSR count). The van der Waals surface area contributed by atoms with E-state index in [-0.39, 0.29) is 0 Å². The van der Waals surface area contributed by atoms with E-state index in [0.29, 0.717) is 6.42 Å². The summed E-state index contributed by atoms with van der Waals surface area (Å²) in [6.07, 6.45) is 3.18. The van der Waals surface area contributed by atoms with Gasteiger partial charge in [-0.1, -0.05) is 41.4 Å². The van der Waals surface area contributed by atoms with Gasteiger partial charge in [0.15, 0.2) is 0 Å². The van der Waals surface area contributed by atoms with Crippen molar-refractivity contribution in [3.63, 3.8) is 0 Å². The van der Waals surface area contributed by atoms with Crippen LogP contribution in [-0.4, -0.2) is 5.11 Å². The molecule has 2 nitrogen and oxygen atoms in total. The summed E-state index contributed by atoms with van der Waals surface area (Å²) in [5, 5.41) is 20.4. The molecule has 1 N–H and O–H groups in total. The van der Waals surface area contributed by atoms with Crippen LogP contribution in [0.1, 0.15) is 38.2 Å². The predicted octanol–water partition coefficient (Wildman–Crippen LogP) is 3.74. The van der Waals surface area contributed by atoms with Crippen LogP contribution >= 0.6 is 15.9 Å². The predicted molar refractivity (Wildman–Crippen MR) is 70.2 cm³/mol. The first kappa shape index (κ1) is 12.6. The number of hydrogen-bond donors (Lipinski definition) is 1. The second-order valence-electron chi connectivity index (χ2n) is 4.77. The Hall–Kier alpha value is -0.850. The Kier molecular flexibility index (Phi) is 3.29. The van der Waals surface area contributed by atoms with Gasteiger partial charge in [-0.2, -0.15) is 5.26 Å². The monoisotopic (exact) mass is 293 g/mol. The molecule has 1 aliphatic carbocycles. The minimum absolute atomic E-state index is 0.566. The summed E-state index contributed by atoms with van der Waals surface area (Å²) >= 11 is 3.42. The third-order valence-corrected chi connectivity index (χ3v) is 4.52. The number of aliphatic hydroxyl groups is 1. The van der Waals surface area contributed by atoms with E-state index in [1.54, 1.807) is 0 Å². The second-order valence-corrected chi connectivity index (χ2v) is 5.69. The summed E-state index contributed by atoms with van der Waals surface area (Å²) in [4.78, 5) is 0. The van der Waals surface area contributed by atoms with Gasteiger partial charge in [-0.05, 0) is 37.0 Å². The molecule has 1 saturated carbocycles. The van der Waals surface area contributed by atoms with Crippen LogP contribution in [0.4, 0.5) is 0 Å². The SMILES string of the molecule is CCC(O)(c1cccc(Br)c1)C1(C#N)CCC1.